The van der Waals surface area contributed by atoms with Gasteiger partial charge in [-0.05, 0) is 58.0 Å². The maximum absolute atomic E-state index is 6.24. The molecule has 0 fully saturated rings. The van der Waals surface area contributed by atoms with Crippen LogP contribution in [-0.4, -0.2) is 22.2 Å². The molecule has 0 spiro atoms. The topological polar surface area (TPSA) is 45.4 Å². The third kappa shape index (κ3) is 2.24. The third-order valence-electron chi connectivity index (χ3n) is 5.35. The molecule has 0 saturated heterocycles. The number of anilines is 3. The summed E-state index contributed by atoms with van der Waals surface area (Å²) in [7, 11) is 0. The molecule has 1 aliphatic rings. The summed E-state index contributed by atoms with van der Waals surface area (Å²) in [6.07, 6.45) is 2.00. The molecule has 3 aromatic heterocycles. The molecule has 1 aliphatic heterocycles. The summed E-state index contributed by atoms with van der Waals surface area (Å²) in [4.78, 5) is 13.9. The summed E-state index contributed by atoms with van der Waals surface area (Å²) in [5.41, 5.74) is 4.68. The fourth-order valence-electron chi connectivity index (χ4n) is 4.25. The number of aryl methyl sites for hydroxylation is 1. The summed E-state index contributed by atoms with van der Waals surface area (Å²) < 4.78 is 6.24. The second-order valence-corrected chi connectivity index (χ2v) is 7.41. The van der Waals surface area contributed by atoms with Crippen LogP contribution < -0.4 is 9.80 Å². The fourth-order valence-corrected chi connectivity index (χ4v) is 4.25. The summed E-state index contributed by atoms with van der Waals surface area (Å²) in [6.45, 7) is 8.62. The van der Waals surface area contributed by atoms with E-state index in [1.165, 1.54) is 0 Å². The highest BCUT2D eigenvalue weighted by Gasteiger charge is 2.37. The highest BCUT2D eigenvalue weighted by molar-refractivity contribution is 6.09. The maximum Gasteiger partial charge on any atom is 0.227 e. The first-order valence-electron chi connectivity index (χ1n) is 9.37. The number of hydrogen-bond acceptors (Lipinski definition) is 5. The largest absolute Gasteiger partial charge is 0.435 e. The predicted molar refractivity (Wildman–Crippen MR) is 110 cm³/mol. The molecule has 0 aliphatic carbocycles. The fraction of sp³-hybridized carbons (Fsp3) is 0.273. The Kier molecular flexibility index (Phi) is 3.41. The first kappa shape index (κ1) is 16.1. The summed E-state index contributed by atoms with van der Waals surface area (Å²) in [6, 6.07) is 14.9. The van der Waals surface area contributed by atoms with Crippen LogP contribution in [0.3, 0.4) is 0 Å². The zero-order chi connectivity index (χ0) is 18.7. The smallest absolute Gasteiger partial charge is 0.227 e. The number of pyridine rings is 2. The van der Waals surface area contributed by atoms with Crippen molar-refractivity contribution in [2.24, 2.45) is 0 Å². The maximum atomic E-state index is 6.24. The number of fused-ring (bicyclic) bond motifs is 4. The number of furan rings is 1. The lowest BCUT2D eigenvalue weighted by atomic mass is 10.1. The van der Waals surface area contributed by atoms with Crippen LogP contribution >= 0.6 is 0 Å². The van der Waals surface area contributed by atoms with Crippen molar-refractivity contribution < 1.29 is 4.42 Å². The van der Waals surface area contributed by atoms with Crippen LogP contribution in [0.4, 0.5) is 17.2 Å². The Morgan fingerprint density at radius 2 is 1.81 bits per heavy atom. The summed E-state index contributed by atoms with van der Waals surface area (Å²) in [5, 5.41) is 2.13. The first-order valence-corrected chi connectivity index (χ1v) is 9.37. The van der Waals surface area contributed by atoms with Crippen LogP contribution in [0.25, 0.3) is 22.1 Å². The van der Waals surface area contributed by atoms with Crippen molar-refractivity contribution in [2.45, 2.75) is 39.9 Å². The standard InChI is InChI=1S/C22H22N4O/c1-13(2)25-15(4)26(21-19(25)9-6-12-23-21)18-8-5-7-16-17-11-10-14(3)24-22(17)27-20(16)18/h5-13,15H,1-4H3/t15-/m0/s1. The van der Waals surface area contributed by atoms with Gasteiger partial charge in [0.25, 0.3) is 0 Å². The van der Waals surface area contributed by atoms with Crippen LogP contribution in [0.15, 0.2) is 53.1 Å². The molecule has 0 N–H and O–H groups in total. The highest BCUT2D eigenvalue weighted by atomic mass is 16.3. The minimum absolute atomic E-state index is 0.142. The number of para-hydroxylation sites is 1. The Hall–Kier alpha value is -3.08. The van der Waals surface area contributed by atoms with E-state index < -0.39 is 0 Å². The predicted octanol–water partition coefficient (Wildman–Crippen LogP) is 5.40. The first-order chi connectivity index (χ1) is 13.1. The quantitative estimate of drug-likeness (QED) is 0.480. The van der Waals surface area contributed by atoms with E-state index in [0.717, 1.165) is 39.2 Å². The molecule has 4 heterocycles. The second-order valence-electron chi connectivity index (χ2n) is 7.41. The van der Waals surface area contributed by atoms with Crippen molar-refractivity contribution >= 4 is 39.3 Å². The Balaban J connectivity index is 1.77. The molecule has 27 heavy (non-hydrogen) atoms. The molecule has 0 saturated carbocycles. The summed E-state index contributed by atoms with van der Waals surface area (Å²) >= 11 is 0. The van der Waals surface area contributed by atoms with Gasteiger partial charge in [-0.2, -0.15) is 0 Å². The van der Waals surface area contributed by atoms with Gasteiger partial charge in [-0.25, -0.2) is 9.97 Å². The molecule has 5 heteroatoms. The van der Waals surface area contributed by atoms with E-state index in [4.69, 9.17) is 9.40 Å². The molecule has 1 aromatic carbocycles. The third-order valence-corrected chi connectivity index (χ3v) is 5.35. The lowest BCUT2D eigenvalue weighted by Gasteiger charge is -2.32. The van der Waals surface area contributed by atoms with Gasteiger partial charge in [0.15, 0.2) is 11.4 Å². The Morgan fingerprint density at radius 1 is 1.00 bits per heavy atom. The lowest BCUT2D eigenvalue weighted by molar-refractivity contribution is 0.601. The van der Waals surface area contributed by atoms with E-state index in [0.29, 0.717) is 11.8 Å². The van der Waals surface area contributed by atoms with Crippen molar-refractivity contribution in [3.63, 3.8) is 0 Å². The van der Waals surface area contributed by atoms with Crippen LogP contribution in [-0.2, 0) is 0 Å². The molecule has 5 rings (SSSR count). The van der Waals surface area contributed by atoms with Gasteiger partial charge in [-0.1, -0.05) is 12.1 Å². The number of hydrogen-bond donors (Lipinski definition) is 0. The van der Waals surface area contributed by atoms with Crippen molar-refractivity contribution in [2.75, 3.05) is 9.80 Å². The summed E-state index contributed by atoms with van der Waals surface area (Å²) in [5.74, 6) is 0.968. The Bertz CT molecular complexity index is 1160. The number of aromatic nitrogens is 2. The Morgan fingerprint density at radius 3 is 2.63 bits per heavy atom. The van der Waals surface area contributed by atoms with E-state index in [1.807, 2.05) is 25.3 Å². The minimum Gasteiger partial charge on any atom is -0.435 e. The number of nitrogens with zero attached hydrogens (tertiary/aromatic N) is 4. The average molecular weight is 358 g/mol. The molecular weight excluding hydrogens is 336 g/mol. The molecule has 0 radical (unpaired) electrons. The molecular formula is C22H22N4O. The van der Waals surface area contributed by atoms with Gasteiger partial charge >= 0.3 is 0 Å². The van der Waals surface area contributed by atoms with Crippen LogP contribution in [0.2, 0.25) is 0 Å². The van der Waals surface area contributed by atoms with E-state index >= 15 is 0 Å². The van der Waals surface area contributed by atoms with Crippen molar-refractivity contribution in [3.8, 4) is 0 Å². The SMILES string of the molecule is Cc1ccc2c(n1)oc1c(N3c4ncccc4N(C(C)C)[C@@H]3C)cccc12. The van der Waals surface area contributed by atoms with E-state index in [1.54, 1.807) is 0 Å². The molecule has 5 nitrogen and oxygen atoms in total. The van der Waals surface area contributed by atoms with Crippen LogP contribution in [0, 0.1) is 6.92 Å². The van der Waals surface area contributed by atoms with E-state index in [9.17, 15) is 0 Å². The minimum atomic E-state index is 0.142. The monoisotopic (exact) mass is 358 g/mol. The van der Waals surface area contributed by atoms with Gasteiger partial charge in [-0.3, -0.25) is 0 Å². The molecule has 1 atom stereocenters. The Labute approximate surface area is 158 Å². The second kappa shape index (κ2) is 5.71. The molecule has 0 amide bonds. The average Bonchev–Trinajstić information content (AvgIpc) is 3.15. The van der Waals surface area contributed by atoms with Gasteiger partial charge in [0.05, 0.1) is 11.4 Å². The van der Waals surface area contributed by atoms with Crippen LogP contribution in [0.1, 0.15) is 26.5 Å². The van der Waals surface area contributed by atoms with Crippen molar-refractivity contribution in [3.05, 3.63) is 54.4 Å². The molecule has 136 valence electrons. The van der Waals surface area contributed by atoms with Gasteiger partial charge < -0.3 is 14.2 Å². The van der Waals surface area contributed by atoms with Crippen molar-refractivity contribution in [1.82, 2.24) is 9.97 Å². The van der Waals surface area contributed by atoms with Gasteiger partial charge in [0.1, 0.15) is 6.17 Å². The number of rotatable bonds is 2. The normalized spacial score (nSPS) is 16.7. The van der Waals surface area contributed by atoms with Crippen molar-refractivity contribution in [1.29, 1.82) is 0 Å². The van der Waals surface area contributed by atoms with Gasteiger partial charge in [-0.15, -0.1) is 0 Å². The van der Waals surface area contributed by atoms with Crippen LogP contribution in [0.5, 0.6) is 0 Å². The molecule has 0 unspecified atom stereocenters. The lowest BCUT2D eigenvalue weighted by Crippen LogP contribution is -2.42. The van der Waals surface area contributed by atoms with E-state index in [2.05, 4.69) is 65.9 Å². The van der Waals surface area contributed by atoms with Gasteiger partial charge in [0.2, 0.25) is 5.71 Å². The molecule has 4 aromatic rings. The van der Waals surface area contributed by atoms with E-state index in [-0.39, 0.29) is 6.17 Å². The number of benzene rings is 1. The van der Waals surface area contributed by atoms with Gasteiger partial charge in [0, 0.05) is 28.7 Å². The molecule has 0 bridgehead atoms. The zero-order valence-corrected chi connectivity index (χ0v) is 16.0. The zero-order valence-electron chi connectivity index (χ0n) is 16.0. The highest BCUT2D eigenvalue weighted by Crippen LogP contribution is 2.46.